The van der Waals surface area contributed by atoms with Crippen LogP contribution in [0.1, 0.15) is 44.4 Å². The summed E-state index contributed by atoms with van der Waals surface area (Å²) in [6.07, 6.45) is 2.12. The van der Waals surface area contributed by atoms with E-state index < -0.39 is 11.7 Å². The molecule has 1 aromatic heterocycles. The van der Waals surface area contributed by atoms with E-state index in [4.69, 9.17) is 4.74 Å². The van der Waals surface area contributed by atoms with Gasteiger partial charge in [0.05, 0.1) is 9.47 Å². The average Bonchev–Trinajstić information content (AvgIpc) is 2.91. The Bertz CT molecular complexity index is 432. The molecule has 1 aliphatic carbocycles. The number of amides is 1. The van der Waals surface area contributed by atoms with Crippen molar-refractivity contribution in [3.8, 4) is 0 Å². The molecule has 1 aromatic rings. The molecule has 0 radical (unpaired) electrons. The zero-order valence-electron chi connectivity index (χ0n) is 10.2. The van der Waals surface area contributed by atoms with Gasteiger partial charge in [-0.05, 0) is 61.5 Å². The molecule has 0 spiro atoms. The molecule has 0 saturated heterocycles. The number of nitrogens with one attached hydrogen (secondary N) is 1. The first-order valence-electron chi connectivity index (χ1n) is 5.64. The predicted molar refractivity (Wildman–Crippen MR) is 73.9 cm³/mol. The first-order valence-corrected chi connectivity index (χ1v) is 7.25. The van der Waals surface area contributed by atoms with Crippen LogP contribution in [0.15, 0.2) is 9.85 Å². The number of hydrogen-bond donors (Lipinski definition) is 1. The lowest BCUT2D eigenvalue weighted by atomic mass is 10.2. The number of rotatable bonds is 2. The first kappa shape index (κ1) is 12.9. The van der Waals surface area contributed by atoms with Gasteiger partial charge in [-0.3, -0.25) is 5.32 Å². The van der Waals surface area contributed by atoms with Gasteiger partial charge in [0.25, 0.3) is 0 Å². The summed E-state index contributed by atoms with van der Waals surface area (Å²) in [6.45, 7) is 5.56. The molecule has 1 saturated carbocycles. The van der Waals surface area contributed by atoms with Crippen molar-refractivity contribution in [1.29, 1.82) is 0 Å². The lowest BCUT2D eigenvalue weighted by molar-refractivity contribution is 0.0636. The molecular formula is C12H16BrNO2S. The smallest absolute Gasteiger partial charge is 0.412 e. The Morgan fingerprint density at radius 1 is 1.53 bits per heavy atom. The van der Waals surface area contributed by atoms with Gasteiger partial charge >= 0.3 is 6.09 Å². The van der Waals surface area contributed by atoms with E-state index >= 15 is 0 Å². The van der Waals surface area contributed by atoms with E-state index in [-0.39, 0.29) is 0 Å². The highest BCUT2D eigenvalue weighted by atomic mass is 79.9. The van der Waals surface area contributed by atoms with Crippen molar-refractivity contribution in [2.24, 2.45) is 0 Å². The Labute approximate surface area is 114 Å². The maximum Gasteiger partial charge on any atom is 0.412 e. The maximum absolute atomic E-state index is 11.6. The fraction of sp³-hybridized carbons (Fsp3) is 0.583. The van der Waals surface area contributed by atoms with E-state index in [1.54, 1.807) is 11.3 Å². The molecule has 1 aliphatic rings. The van der Waals surface area contributed by atoms with Crippen molar-refractivity contribution in [2.75, 3.05) is 5.32 Å². The van der Waals surface area contributed by atoms with Crippen LogP contribution in [0.2, 0.25) is 0 Å². The van der Waals surface area contributed by atoms with Crippen LogP contribution in [0, 0.1) is 0 Å². The topological polar surface area (TPSA) is 38.3 Å². The molecule has 0 atom stereocenters. The number of carbonyl (C=O) groups excluding carboxylic acids is 1. The van der Waals surface area contributed by atoms with E-state index in [1.807, 2.05) is 26.8 Å². The Kier molecular flexibility index (Phi) is 3.50. The third-order valence-electron chi connectivity index (χ3n) is 2.32. The number of thiophene rings is 1. The van der Waals surface area contributed by atoms with Gasteiger partial charge in [0, 0.05) is 4.88 Å². The van der Waals surface area contributed by atoms with Crippen LogP contribution >= 0.6 is 27.3 Å². The minimum atomic E-state index is -0.466. The second-order valence-corrected chi connectivity index (χ2v) is 7.64. The van der Waals surface area contributed by atoms with Gasteiger partial charge in [0.15, 0.2) is 0 Å². The Morgan fingerprint density at radius 2 is 2.18 bits per heavy atom. The Hall–Kier alpha value is -0.550. The summed E-state index contributed by atoms with van der Waals surface area (Å²) in [5.74, 6) is 0.700. The van der Waals surface area contributed by atoms with Gasteiger partial charge in [-0.2, -0.15) is 0 Å². The first-order chi connectivity index (χ1) is 7.85. The molecule has 2 rings (SSSR count). The lowest BCUT2D eigenvalue weighted by Gasteiger charge is -2.19. The highest BCUT2D eigenvalue weighted by molar-refractivity contribution is 9.11. The standard InChI is InChI=1S/C12H16BrNO2S/c1-12(2,3)16-11(15)14-8-6-9(7-4-5-7)17-10(8)13/h6-7H,4-5H2,1-3H3,(H,14,15). The summed E-state index contributed by atoms with van der Waals surface area (Å²) in [5, 5.41) is 2.77. The molecule has 0 unspecified atom stereocenters. The highest BCUT2D eigenvalue weighted by Gasteiger charge is 2.27. The summed E-state index contributed by atoms with van der Waals surface area (Å²) in [5.41, 5.74) is 0.345. The minimum Gasteiger partial charge on any atom is -0.444 e. The molecule has 1 amide bonds. The summed E-state index contributed by atoms with van der Waals surface area (Å²) in [4.78, 5) is 13.0. The third-order valence-corrected chi connectivity index (χ3v) is 4.32. The van der Waals surface area contributed by atoms with Gasteiger partial charge < -0.3 is 4.74 Å². The number of carbonyl (C=O) groups is 1. The summed E-state index contributed by atoms with van der Waals surface area (Å²) in [7, 11) is 0. The van der Waals surface area contributed by atoms with Crippen molar-refractivity contribution in [2.45, 2.75) is 45.1 Å². The molecule has 3 nitrogen and oxygen atoms in total. The molecule has 5 heteroatoms. The number of ether oxygens (including phenoxy) is 1. The normalized spacial score (nSPS) is 15.8. The molecule has 0 aliphatic heterocycles. The molecule has 1 N–H and O–H groups in total. The van der Waals surface area contributed by atoms with Crippen LogP contribution in [0.4, 0.5) is 10.5 Å². The van der Waals surface area contributed by atoms with Gasteiger partial charge in [0.2, 0.25) is 0 Å². The van der Waals surface area contributed by atoms with E-state index in [0.29, 0.717) is 5.92 Å². The van der Waals surface area contributed by atoms with Crippen LogP contribution in [0.25, 0.3) is 0 Å². The van der Waals surface area contributed by atoms with Crippen molar-refractivity contribution >= 4 is 39.0 Å². The number of halogens is 1. The quantitative estimate of drug-likeness (QED) is 0.855. The second-order valence-electron chi connectivity index (χ2n) is 5.24. The number of hydrogen-bond acceptors (Lipinski definition) is 3. The molecule has 94 valence electrons. The van der Waals surface area contributed by atoms with E-state index in [9.17, 15) is 4.79 Å². The summed E-state index contributed by atoms with van der Waals surface area (Å²) >= 11 is 5.16. The minimum absolute atomic E-state index is 0.404. The van der Waals surface area contributed by atoms with Crippen LogP contribution in [-0.4, -0.2) is 11.7 Å². The molecule has 0 bridgehead atoms. The zero-order chi connectivity index (χ0) is 12.6. The molecule has 17 heavy (non-hydrogen) atoms. The van der Waals surface area contributed by atoms with Crippen molar-refractivity contribution in [3.05, 3.63) is 14.7 Å². The van der Waals surface area contributed by atoms with E-state index in [2.05, 4.69) is 21.2 Å². The number of anilines is 1. The largest absolute Gasteiger partial charge is 0.444 e. The Morgan fingerprint density at radius 3 is 2.71 bits per heavy atom. The van der Waals surface area contributed by atoms with Crippen molar-refractivity contribution in [1.82, 2.24) is 0 Å². The molecule has 1 heterocycles. The van der Waals surface area contributed by atoms with Crippen LogP contribution in [0.5, 0.6) is 0 Å². The average molecular weight is 318 g/mol. The van der Waals surface area contributed by atoms with Gasteiger partial charge in [-0.15, -0.1) is 11.3 Å². The van der Waals surface area contributed by atoms with Crippen LogP contribution < -0.4 is 5.32 Å². The molecular weight excluding hydrogens is 302 g/mol. The van der Waals surface area contributed by atoms with Crippen LogP contribution in [-0.2, 0) is 4.74 Å². The summed E-state index contributed by atoms with van der Waals surface area (Å²) < 4.78 is 6.18. The zero-order valence-corrected chi connectivity index (χ0v) is 12.6. The fourth-order valence-corrected chi connectivity index (χ4v) is 3.24. The lowest BCUT2D eigenvalue weighted by Crippen LogP contribution is -2.27. The predicted octanol–water partition coefficient (Wildman–Crippen LogP) is 4.74. The monoisotopic (exact) mass is 317 g/mol. The fourth-order valence-electron chi connectivity index (χ4n) is 1.45. The SMILES string of the molecule is CC(C)(C)OC(=O)Nc1cc(C2CC2)sc1Br. The van der Waals surface area contributed by atoms with Gasteiger partial charge in [-0.25, -0.2) is 4.79 Å². The third kappa shape index (κ3) is 3.71. The molecule has 0 aromatic carbocycles. The van der Waals surface area contributed by atoms with Gasteiger partial charge in [0.1, 0.15) is 5.60 Å². The Balaban J connectivity index is 2.00. The van der Waals surface area contributed by atoms with Crippen molar-refractivity contribution in [3.63, 3.8) is 0 Å². The van der Waals surface area contributed by atoms with E-state index in [0.717, 1.165) is 9.47 Å². The van der Waals surface area contributed by atoms with Crippen LogP contribution in [0.3, 0.4) is 0 Å². The van der Waals surface area contributed by atoms with Gasteiger partial charge in [-0.1, -0.05) is 0 Å². The maximum atomic E-state index is 11.6. The second kappa shape index (κ2) is 4.61. The molecule has 1 fully saturated rings. The highest BCUT2D eigenvalue weighted by Crippen LogP contribution is 2.47. The van der Waals surface area contributed by atoms with E-state index in [1.165, 1.54) is 17.7 Å². The summed E-state index contributed by atoms with van der Waals surface area (Å²) in [6, 6.07) is 2.04. The van der Waals surface area contributed by atoms with Crippen molar-refractivity contribution < 1.29 is 9.53 Å².